The minimum atomic E-state index is 0.403. The lowest BCUT2D eigenvalue weighted by molar-refractivity contribution is 0.0152. The van der Waals surface area contributed by atoms with E-state index in [1.807, 2.05) is 0 Å². The summed E-state index contributed by atoms with van der Waals surface area (Å²) in [6.45, 7) is 4.12. The molecule has 1 aliphatic heterocycles. The summed E-state index contributed by atoms with van der Waals surface area (Å²) in [5, 5.41) is 3.64. The summed E-state index contributed by atoms with van der Waals surface area (Å²) in [6.07, 6.45) is 5.23. The summed E-state index contributed by atoms with van der Waals surface area (Å²) in [5.74, 6) is 0. The van der Waals surface area contributed by atoms with Crippen molar-refractivity contribution in [1.29, 1.82) is 0 Å². The molecule has 1 aromatic carbocycles. The average molecular weight is 312 g/mol. The smallest absolute Gasteiger partial charge is 0.0699 e. The van der Waals surface area contributed by atoms with Crippen LogP contribution in [0.15, 0.2) is 28.7 Å². The number of hydrogen-bond donors (Lipinski definition) is 1. The fraction of sp³-hybridized carbons (Fsp3) is 0.600. The number of halogens is 1. The van der Waals surface area contributed by atoms with Gasteiger partial charge in [0.15, 0.2) is 0 Å². The van der Waals surface area contributed by atoms with E-state index >= 15 is 0 Å². The van der Waals surface area contributed by atoms with E-state index in [1.165, 1.54) is 24.8 Å². The Bertz CT molecular complexity index is 363. The third-order valence-corrected chi connectivity index (χ3v) is 4.02. The summed E-state index contributed by atoms with van der Waals surface area (Å²) in [6, 6.07) is 8.98. The van der Waals surface area contributed by atoms with E-state index in [4.69, 9.17) is 4.74 Å². The molecule has 0 bridgehead atoms. The number of benzene rings is 1. The molecule has 100 valence electrons. The molecule has 0 radical (unpaired) electrons. The lowest BCUT2D eigenvalue weighted by atomic mass is 10.0. The predicted molar refractivity (Wildman–Crippen MR) is 78.8 cm³/mol. The first-order valence-corrected chi connectivity index (χ1v) is 7.69. The van der Waals surface area contributed by atoms with Crippen molar-refractivity contribution < 1.29 is 4.74 Å². The molecule has 1 aromatic rings. The van der Waals surface area contributed by atoms with Gasteiger partial charge in [-0.05, 0) is 43.4 Å². The number of nitrogens with one attached hydrogen (secondary N) is 1. The molecule has 3 heteroatoms. The maximum atomic E-state index is 5.76. The Kier molecular flexibility index (Phi) is 5.67. The highest BCUT2D eigenvalue weighted by molar-refractivity contribution is 9.10. The average Bonchev–Trinajstić information content (AvgIpc) is 2.41. The number of ether oxygens (including phenoxy) is 1. The van der Waals surface area contributed by atoms with Crippen LogP contribution >= 0.6 is 15.9 Å². The van der Waals surface area contributed by atoms with Crippen LogP contribution < -0.4 is 5.32 Å². The van der Waals surface area contributed by atoms with Crippen molar-refractivity contribution >= 4 is 15.9 Å². The van der Waals surface area contributed by atoms with Crippen molar-refractivity contribution in [3.8, 4) is 0 Å². The van der Waals surface area contributed by atoms with Gasteiger partial charge in [-0.3, -0.25) is 0 Å². The van der Waals surface area contributed by atoms with E-state index < -0.39 is 0 Å². The van der Waals surface area contributed by atoms with Gasteiger partial charge in [0.25, 0.3) is 0 Å². The standard InChI is InChI=1S/C15H22BrNO/c1-2-15(12-6-5-7-13(16)10-12)17-11-14-8-3-4-9-18-14/h5-7,10,14-15,17H,2-4,8-9,11H2,1H3. The van der Waals surface area contributed by atoms with Crippen LogP contribution in [-0.4, -0.2) is 19.3 Å². The summed E-state index contributed by atoms with van der Waals surface area (Å²) in [7, 11) is 0. The summed E-state index contributed by atoms with van der Waals surface area (Å²) in [5.41, 5.74) is 1.35. The summed E-state index contributed by atoms with van der Waals surface area (Å²) in [4.78, 5) is 0. The molecule has 1 aliphatic rings. The first-order chi connectivity index (χ1) is 8.79. The molecule has 1 saturated heterocycles. The van der Waals surface area contributed by atoms with Crippen molar-refractivity contribution in [2.75, 3.05) is 13.2 Å². The van der Waals surface area contributed by atoms with Gasteiger partial charge in [-0.25, -0.2) is 0 Å². The molecule has 2 unspecified atom stereocenters. The van der Waals surface area contributed by atoms with Gasteiger partial charge in [-0.2, -0.15) is 0 Å². The van der Waals surface area contributed by atoms with E-state index in [0.717, 1.165) is 24.0 Å². The minimum Gasteiger partial charge on any atom is -0.377 e. The van der Waals surface area contributed by atoms with Gasteiger partial charge in [0.2, 0.25) is 0 Å². The molecule has 0 amide bonds. The molecular formula is C15H22BrNO. The Morgan fingerprint density at radius 2 is 2.33 bits per heavy atom. The van der Waals surface area contributed by atoms with Crippen LogP contribution in [0.1, 0.15) is 44.2 Å². The topological polar surface area (TPSA) is 21.3 Å². The van der Waals surface area contributed by atoms with Gasteiger partial charge in [0, 0.05) is 23.7 Å². The first kappa shape index (κ1) is 14.0. The van der Waals surface area contributed by atoms with Crippen LogP contribution in [0.5, 0.6) is 0 Å². The van der Waals surface area contributed by atoms with E-state index in [1.54, 1.807) is 0 Å². The lowest BCUT2D eigenvalue weighted by Gasteiger charge is -2.26. The van der Waals surface area contributed by atoms with E-state index in [2.05, 4.69) is 52.4 Å². The third-order valence-electron chi connectivity index (χ3n) is 3.53. The highest BCUT2D eigenvalue weighted by atomic mass is 79.9. The van der Waals surface area contributed by atoms with Gasteiger partial charge in [0.1, 0.15) is 0 Å². The molecule has 2 rings (SSSR count). The second-order valence-electron chi connectivity index (χ2n) is 4.91. The molecule has 1 heterocycles. The van der Waals surface area contributed by atoms with Crippen LogP contribution in [0.3, 0.4) is 0 Å². The fourth-order valence-electron chi connectivity index (χ4n) is 2.46. The molecule has 2 nitrogen and oxygen atoms in total. The molecule has 18 heavy (non-hydrogen) atoms. The van der Waals surface area contributed by atoms with Gasteiger partial charge in [-0.1, -0.05) is 35.0 Å². The monoisotopic (exact) mass is 311 g/mol. The highest BCUT2D eigenvalue weighted by Crippen LogP contribution is 2.21. The second-order valence-corrected chi connectivity index (χ2v) is 5.83. The molecule has 2 atom stereocenters. The highest BCUT2D eigenvalue weighted by Gasteiger charge is 2.16. The SMILES string of the molecule is CCC(NCC1CCCCO1)c1cccc(Br)c1. The van der Waals surface area contributed by atoms with Gasteiger partial charge in [-0.15, -0.1) is 0 Å². The lowest BCUT2D eigenvalue weighted by Crippen LogP contribution is -2.34. The Morgan fingerprint density at radius 1 is 1.44 bits per heavy atom. The Morgan fingerprint density at radius 3 is 3.00 bits per heavy atom. The van der Waals surface area contributed by atoms with Crippen LogP contribution in [0.25, 0.3) is 0 Å². The Hall–Kier alpha value is -0.380. The molecule has 0 spiro atoms. The van der Waals surface area contributed by atoms with Crippen molar-refractivity contribution in [2.45, 2.75) is 44.8 Å². The number of rotatable bonds is 5. The zero-order chi connectivity index (χ0) is 12.8. The quantitative estimate of drug-likeness (QED) is 0.885. The normalized spacial score (nSPS) is 21.8. The molecule has 0 aliphatic carbocycles. The van der Waals surface area contributed by atoms with Gasteiger partial charge in [0.05, 0.1) is 6.10 Å². The number of hydrogen-bond acceptors (Lipinski definition) is 2. The van der Waals surface area contributed by atoms with Crippen LogP contribution in [0.2, 0.25) is 0 Å². The van der Waals surface area contributed by atoms with Crippen LogP contribution in [0.4, 0.5) is 0 Å². The molecule has 1 fully saturated rings. The van der Waals surface area contributed by atoms with Gasteiger partial charge >= 0.3 is 0 Å². The maximum Gasteiger partial charge on any atom is 0.0699 e. The predicted octanol–water partition coefficient (Wildman–Crippen LogP) is 4.06. The minimum absolute atomic E-state index is 0.403. The van der Waals surface area contributed by atoms with Crippen LogP contribution in [0, 0.1) is 0 Å². The first-order valence-electron chi connectivity index (χ1n) is 6.90. The zero-order valence-corrected chi connectivity index (χ0v) is 12.6. The largest absolute Gasteiger partial charge is 0.377 e. The third kappa shape index (κ3) is 4.08. The van der Waals surface area contributed by atoms with Crippen LogP contribution in [-0.2, 0) is 4.74 Å². The summed E-state index contributed by atoms with van der Waals surface area (Å²) < 4.78 is 6.91. The van der Waals surface area contributed by atoms with Crippen molar-refractivity contribution in [3.05, 3.63) is 34.3 Å². The van der Waals surface area contributed by atoms with E-state index in [9.17, 15) is 0 Å². The van der Waals surface area contributed by atoms with Gasteiger partial charge < -0.3 is 10.1 Å². The molecular weight excluding hydrogens is 290 g/mol. The van der Waals surface area contributed by atoms with Crippen molar-refractivity contribution in [1.82, 2.24) is 5.32 Å². The van der Waals surface area contributed by atoms with E-state index in [0.29, 0.717) is 12.1 Å². The molecule has 0 aromatic heterocycles. The summed E-state index contributed by atoms with van der Waals surface area (Å²) >= 11 is 3.53. The molecule has 1 N–H and O–H groups in total. The maximum absolute atomic E-state index is 5.76. The second kappa shape index (κ2) is 7.27. The Balaban J connectivity index is 1.88. The molecule has 0 saturated carbocycles. The zero-order valence-electron chi connectivity index (χ0n) is 11.0. The fourth-order valence-corrected chi connectivity index (χ4v) is 2.88. The van der Waals surface area contributed by atoms with Crippen molar-refractivity contribution in [3.63, 3.8) is 0 Å². The van der Waals surface area contributed by atoms with E-state index in [-0.39, 0.29) is 0 Å². The van der Waals surface area contributed by atoms with Crippen molar-refractivity contribution in [2.24, 2.45) is 0 Å². The Labute approximate surface area is 118 Å².